The molecule has 0 aliphatic rings. The van der Waals surface area contributed by atoms with Crippen LogP contribution in [-0.4, -0.2) is 23.2 Å². The molecule has 0 unspecified atom stereocenters. The van der Waals surface area contributed by atoms with Gasteiger partial charge in [0, 0.05) is 24.2 Å². The molecule has 2 aromatic rings. The van der Waals surface area contributed by atoms with Crippen LogP contribution in [0.15, 0.2) is 36.5 Å². The van der Waals surface area contributed by atoms with Crippen molar-refractivity contribution in [3.63, 3.8) is 0 Å². The largest absolute Gasteiger partial charge is 0.573 e. The number of anilines is 1. The molecule has 0 aliphatic carbocycles. The number of hydrogen-bond acceptors (Lipinski definition) is 4. The van der Waals surface area contributed by atoms with E-state index in [1.165, 1.54) is 24.4 Å². The standard InChI is InChI=1S/C18H17F4N3O3/c1-10(2)16(26)25-15-8-12(5-6-23-15)17(27)24-9-11-3-4-13(19)14(7-11)28-18(20,21)22/h3-8,10H,9H2,1-2H3,(H,24,27)(H,23,25,26). The molecule has 2 N–H and O–H groups in total. The van der Waals surface area contributed by atoms with Crippen LogP contribution in [0.5, 0.6) is 5.75 Å². The minimum atomic E-state index is -5.03. The summed E-state index contributed by atoms with van der Waals surface area (Å²) in [4.78, 5) is 27.9. The first-order valence-electron chi connectivity index (χ1n) is 8.14. The molecule has 2 rings (SSSR count). The highest BCUT2D eigenvalue weighted by Crippen LogP contribution is 2.26. The molecule has 0 atom stereocenters. The van der Waals surface area contributed by atoms with E-state index in [2.05, 4.69) is 20.4 Å². The molecule has 2 amide bonds. The quantitative estimate of drug-likeness (QED) is 0.727. The van der Waals surface area contributed by atoms with Gasteiger partial charge in [0.2, 0.25) is 5.91 Å². The number of benzene rings is 1. The summed E-state index contributed by atoms with van der Waals surface area (Å²) in [6.07, 6.45) is -3.70. The maximum absolute atomic E-state index is 13.4. The second-order valence-electron chi connectivity index (χ2n) is 6.07. The van der Waals surface area contributed by atoms with Crippen molar-refractivity contribution in [3.8, 4) is 5.75 Å². The Bertz CT molecular complexity index is 869. The van der Waals surface area contributed by atoms with Crippen LogP contribution in [0.2, 0.25) is 0 Å². The van der Waals surface area contributed by atoms with Gasteiger partial charge in [-0.15, -0.1) is 13.2 Å². The molecule has 6 nitrogen and oxygen atoms in total. The zero-order valence-electron chi connectivity index (χ0n) is 14.9. The smallest absolute Gasteiger partial charge is 0.403 e. The third kappa shape index (κ3) is 6.22. The highest BCUT2D eigenvalue weighted by atomic mass is 19.4. The first-order chi connectivity index (χ1) is 13.0. The number of nitrogens with one attached hydrogen (secondary N) is 2. The number of ether oxygens (including phenoxy) is 1. The Kier molecular flexibility index (Phi) is 6.55. The summed E-state index contributed by atoms with van der Waals surface area (Å²) in [7, 11) is 0. The van der Waals surface area contributed by atoms with Gasteiger partial charge in [-0.05, 0) is 29.8 Å². The predicted molar refractivity (Wildman–Crippen MR) is 92.0 cm³/mol. The fourth-order valence-electron chi connectivity index (χ4n) is 2.06. The normalized spacial score (nSPS) is 11.2. The predicted octanol–water partition coefficient (Wildman–Crippen LogP) is 3.64. The van der Waals surface area contributed by atoms with Crippen LogP contribution in [0.1, 0.15) is 29.8 Å². The van der Waals surface area contributed by atoms with Gasteiger partial charge >= 0.3 is 6.36 Å². The van der Waals surface area contributed by atoms with E-state index in [1.54, 1.807) is 13.8 Å². The zero-order valence-corrected chi connectivity index (χ0v) is 14.9. The SMILES string of the molecule is CC(C)C(=O)Nc1cc(C(=O)NCc2ccc(F)c(OC(F)(F)F)c2)ccn1. The average Bonchev–Trinajstić information content (AvgIpc) is 2.61. The first kappa shape index (κ1) is 21.1. The van der Waals surface area contributed by atoms with Crippen molar-refractivity contribution < 1.29 is 31.9 Å². The van der Waals surface area contributed by atoms with E-state index in [9.17, 15) is 27.2 Å². The molecule has 0 saturated heterocycles. The fraction of sp³-hybridized carbons (Fsp3) is 0.278. The number of rotatable bonds is 6. The number of amides is 2. The minimum Gasteiger partial charge on any atom is -0.403 e. The molecule has 10 heteroatoms. The van der Waals surface area contributed by atoms with Crippen molar-refractivity contribution in [1.82, 2.24) is 10.3 Å². The second-order valence-corrected chi connectivity index (χ2v) is 6.07. The van der Waals surface area contributed by atoms with E-state index in [0.717, 1.165) is 12.1 Å². The van der Waals surface area contributed by atoms with Crippen molar-refractivity contribution in [2.24, 2.45) is 5.92 Å². The lowest BCUT2D eigenvalue weighted by Gasteiger charge is -2.12. The Labute approximate surface area is 157 Å². The molecule has 1 aromatic heterocycles. The summed E-state index contributed by atoms with van der Waals surface area (Å²) < 4.78 is 53.8. The van der Waals surface area contributed by atoms with Crippen molar-refractivity contribution in [3.05, 3.63) is 53.5 Å². The molecule has 0 radical (unpaired) electrons. The van der Waals surface area contributed by atoms with Gasteiger partial charge in [0.15, 0.2) is 11.6 Å². The van der Waals surface area contributed by atoms with Crippen LogP contribution in [-0.2, 0) is 11.3 Å². The lowest BCUT2D eigenvalue weighted by Crippen LogP contribution is -2.24. The van der Waals surface area contributed by atoms with E-state index in [4.69, 9.17) is 0 Å². The topological polar surface area (TPSA) is 80.3 Å². The Morgan fingerprint density at radius 1 is 1.18 bits per heavy atom. The summed E-state index contributed by atoms with van der Waals surface area (Å²) in [5.74, 6) is -3.06. The molecular weight excluding hydrogens is 382 g/mol. The lowest BCUT2D eigenvalue weighted by molar-refractivity contribution is -0.275. The maximum Gasteiger partial charge on any atom is 0.573 e. The number of nitrogens with zero attached hydrogens (tertiary/aromatic N) is 1. The van der Waals surface area contributed by atoms with Gasteiger partial charge in [0.1, 0.15) is 5.82 Å². The third-order valence-electron chi connectivity index (χ3n) is 3.47. The van der Waals surface area contributed by atoms with E-state index >= 15 is 0 Å². The monoisotopic (exact) mass is 399 g/mol. The average molecular weight is 399 g/mol. The Hall–Kier alpha value is -3.17. The summed E-state index contributed by atoms with van der Waals surface area (Å²) in [5, 5.41) is 5.04. The van der Waals surface area contributed by atoms with Gasteiger partial charge in [-0.3, -0.25) is 9.59 Å². The molecule has 1 aromatic carbocycles. The number of alkyl halides is 3. The van der Waals surface area contributed by atoms with Gasteiger partial charge < -0.3 is 15.4 Å². The Morgan fingerprint density at radius 2 is 1.89 bits per heavy atom. The van der Waals surface area contributed by atoms with Crippen molar-refractivity contribution in [2.45, 2.75) is 26.8 Å². The number of pyridine rings is 1. The molecule has 1 heterocycles. The number of halogens is 4. The fourth-order valence-corrected chi connectivity index (χ4v) is 2.06. The van der Waals surface area contributed by atoms with Crippen molar-refractivity contribution >= 4 is 17.6 Å². The number of carbonyl (C=O) groups is 2. The van der Waals surface area contributed by atoms with Crippen LogP contribution in [0.3, 0.4) is 0 Å². The molecule has 0 saturated carbocycles. The second kappa shape index (κ2) is 8.68. The van der Waals surface area contributed by atoms with Crippen LogP contribution in [0.4, 0.5) is 23.4 Å². The van der Waals surface area contributed by atoms with Gasteiger partial charge in [0.25, 0.3) is 5.91 Å². The van der Waals surface area contributed by atoms with E-state index in [1.807, 2.05) is 0 Å². The van der Waals surface area contributed by atoms with Crippen LogP contribution in [0, 0.1) is 11.7 Å². The number of carbonyl (C=O) groups excluding carboxylic acids is 2. The molecular formula is C18H17F4N3O3. The van der Waals surface area contributed by atoms with E-state index in [0.29, 0.717) is 0 Å². The molecule has 150 valence electrons. The highest BCUT2D eigenvalue weighted by Gasteiger charge is 2.32. The molecule has 0 bridgehead atoms. The molecule has 0 fully saturated rings. The van der Waals surface area contributed by atoms with Gasteiger partial charge in [-0.25, -0.2) is 9.37 Å². The molecule has 28 heavy (non-hydrogen) atoms. The number of hydrogen-bond donors (Lipinski definition) is 2. The third-order valence-corrected chi connectivity index (χ3v) is 3.47. The highest BCUT2D eigenvalue weighted by molar-refractivity contribution is 5.96. The van der Waals surface area contributed by atoms with Crippen LogP contribution < -0.4 is 15.4 Å². The van der Waals surface area contributed by atoms with Gasteiger partial charge in [0.05, 0.1) is 0 Å². The summed E-state index contributed by atoms with van der Waals surface area (Å²) in [5.41, 5.74) is 0.388. The van der Waals surface area contributed by atoms with Crippen molar-refractivity contribution in [1.29, 1.82) is 0 Å². The maximum atomic E-state index is 13.4. The Morgan fingerprint density at radius 3 is 2.54 bits per heavy atom. The van der Waals surface area contributed by atoms with Crippen molar-refractivity contribution in [2.75, 3.05) is 5.32 Å². The van der Waals surface area contributed by atoms with E-state index < -0.39 is 23.8 Å². The summed E-state index contributed by atoms with van der Waals surface area (Å²) in [6.45, 7) is 3.24. The Balaban J connectivity index is 2.04. The van der Waals surface area contributed by atoms with E-state index in [-0.39, 0.29) is 35.3 Å². The lowest BCUT2D eigenvalue weighted by atomic mass is 10.2. The van der Waals surface area contributed by atoms with Gasteiger partial charge in [-0.2, -0.15) is 0 Å². The van der Waals surface area contributed by atoms with Crippen LogP contribution >= 0.6 is 0 Å². The zero-order chi connectivity index (χ0) is 20.9. The summed E-state index contributed by atoms with van der Waals surface area (Å²) in [6, 6.07) is 5.65. The molecule has 0 spiro atoms. The minimum absolute atomic E-state index is 0.163. The summed E-state index contributed by atoms with van der Waals surface area (Å²) >= 11 is 0. The van der Waals surface area contributed by atoms with Gasteiger partial charge in [-0.1, -0.05) is 19.9 Å². The number of aromatic nitrogens is 1. The molecule has 0 aliphatic heterocycles. The van der Waals surface area contributed by atoms with Crippen LogP contribution in [0.25, 0.3) is 0 Å². The first-order valence-corrected chi connectivity index (χ1v) is 8.14.